The highest BCUT2D eigenvalue weighted by molar-refractivity contribution is 9.11. The molecule has 1 N–H and O–H groups in total. The van der Waals surface area contributed by atoms with E-state index in [-0.39, 0.29) is 0 Å². The molecule has 1 aromatic heterocycles. The average molecular weight is 360 g/mol. The second kappa shape index (κ2) is 6.75. The van der Waals surface area contributed by atoms with Crippen LogP contribution in [0.25, 0.3) is 0 Å². The van der Waals surface area contributed by atoms with Gasteiger partial charge < -0.3 is 10.2 Å². The van der Waals surface area contributed by atoms with Crippen molar-refractivity contribution < 1.29 is 0 Å². The molecule has 0 radical (unpaired) electrons. The third-order valence-electron chi connectivity index (χ3n) is 2.86. The van der Waals surface area contributed by atoms with Gasteiger partial charge in [0.15, 0.2) is 0 Å². The number of thiophene rings is 1. The molecule has 0 saturated heterocycles. The van der Waals surface area contributed by atoms with Gasteiger partial charge in [-0.05, 0) is 63.8 Å². The Balaban J connectivity index is 2.20. The lowest BCUT2D eigenvalue weighted by Gasteiger charge is -2.22. The summed E-state index contributed by atoms with van der Waals surface area (Å²) in [6.07, 6.45) is 0. The Morgan fingerprint density at radius 1 is 1.37 bits per heavy atom. The van der Waals surface area contributed by atoms with Gasteiger partial charge in [-0.1, -0.05) is 11.6 Å². The van der Waals surface area contributed by atoms with Crippen molar-refractivity contribution in [1.82, 2.24) is 5.32 Å². The summed E-state index contributed by atoms with van der Waals surface area (Å²) in [6.45, 7) is 1.70. The molecule has 0 fully saturated rings. The van der Waals surface area contributed by atoms with E-state index in [1.54, 1.807) is 11.3 Å². The molecule has 19 heavy (non-hydrogen) atoms. The number of nitrogens with zero attached hydrogens (tertiary/aromatic N) is 1. The average Bonchev–Trinajstić information content (AvgIpc) is 2.75. The minimum atomic E-state index is 0.778. The fourth-order valence-electron chi connectivity index (χ4n) is 2.05. The highest BCUT2D eigenvalue weighted by Crippen LogP contribution is 2.27. The van der Waals surface area contributed by atoms with Crippen molar-refractivity contribution >= 4 is 44.6 Å². The summed E-state index contributed by atoms with van der Waals surface area (Å²) in [6, 6.07) is 8.20. The van der Waals surface area contributed by atoms with Crippen molar-refractivity contribution in [3.63, 3.8) is 0 Å². The van der Waals surface area contributed by atoms with Crippen LogP contribution in [-0.4, -0.2) is 14.1 Å². The zero-order valence-corrected chi connectivity index (χ0v) is 14.1. The van der Waals surface area contributed by atoms with Crippen LogP contribution >= 0.6 is 38.9 Å². The Bertz CT molecular complexity index is 556. The minimum absolute atomic E-state index is 0.778. The van der Waals surface area contributed by atoms with Crippen LogP contribution in [-0.2, 0) is 13.1 Å². The van der Waals surface area contributed by atoms with Crippen LogP contribution in [0.1, 0.15) is 11.1 Å². The van der Waals surface area contributed by atoms with Crippen molar-refractivity contribution in [2.75, 3.05) is 19.0 Å². The monoisotopic (exact) mass is 358 g/mol. The molecular formula is C14H16BrClN2S. The van der Waals surface area contributed by atoms with Crippen molar-refractivity contribution in [3.05, 3.63) is 49.6 Å². The van der Waals surface area contributed by atoms with E-state index < -0.39 is 0 Å². The first-order valence-electron chi connectivity index (χ1n) is 5.97. The Hall–Kier alpha value is -0.550. The fraction of sp³-hybridized carbons (Fsp3) is 0.286. The molecule has 102 valence electrons. The van der Waals surface area contributed by atoms with Crippen molar-refractivity contribution in [2.24, 2.45) is 0 Å². The molecule has 0 aliphatic rings. The highest BCUT2D eigenvalue weighted by Gasteiger charge is 2.09. The van der Waals surface area contributed by atoms with Gasteiger partial charge in [-0.2, -0.15) is 0 Å². The highest BCUT2D eigenvalue weighted by atomic mass is 79.9. The standard InChI is InChI=1S/C14H16BrClN2S/c1-17-7-11-6-12(16)3-4-13(11)18(2)8-10-5-14(15)19-9-10/h3-6,9,17H,7-8H2,1-2H3. The first-order chi connectivity index (χ1) is 9.10. The molecule has 1 aromatic carbocycles. The molecule has 0 bridgehead atoms. The Labute approximate surface area is 131 Å². The SMILES string of the molecule is CNCc1cc(Cl)ccc1N(C)Cc1csc(Br)c1. The minimum Gasteiger partial charge on any atom is -0.370 e. The van der Waals surface area contributed by atoms with Gasteiger partial charge in [0.25, 0.3) is 0 Å². The predicted octanol–water partition coefficient (Wildman–Crippen LogP) is 4.52. The summed E-state index contributed by atoms with van der Waals surface area (Å²) in [7, 11) is 4.05. The number of anilines is 1. The predicted molar refractivity (Wildman–Crippen MR) is 88.3 cm³/mol. The zero-order chi connectivity index (χ0) is 13.8. The van der Waals surface area contributed by atoms with Crippen LogP contribution in [0, 0.1) is 0 Å². The molecule has 0 amide bonds. The van der Waals surface area contributed by atoms with E-state index >= 15 is 0 Å². The number of nitrogens with one attached hydrogen (secondary N) is 1. The van der Waals surface area contributed by atoms with Crippen molar-refractivity contribution in [1.29, 1.82) is 0 Å². The molecule has 2 nitrogen and oxygen atoms in total. The van der Waals surface area contributed by atoms with Gasteiger partial charge in [0.1, 0.15) is 0 Å². The van der Waals surface area contributed by atoms with E-state index in [0.717, 1.165) is 18.1 Å². The van der Waals surface area contributed by atoms with Crippen LogP contribution in [0.4, 0.5) is 5.69 Å². The molecule has 0 aliphatic carbocycles. The number of hydrogen-bond donors (Lipinski definition) is 1. The third kappa shape index (κ3) is 3.96. The molecule has 5 heteroatoms. The van der Waals surface area contributed by atoms with Gasteiger partial charge >= 0.3 is 0 Å². The maximum Gasteiger partial charge on any atom is 0.0701 e. The van der Waals surface area contributed by atoms with Crippen LogP contribution < -0.4 is 10.2 Å². The second-order valence-electron chi connectivity index (χ2n) is 4.42. The second-order valence-corrected chi connectivity index (χ2v) is 7.15. The smallest absolute Gasteiger partial charge is 0.0701 e. The maximum atomic E-state index is 6.07. The van der Waals surface area contributed by atoms with Gasteiger partial charge in [-0.25, -0.2) is 0 Å². The van der Waals surface area contributed by atoms with E-state index in [2.05, 4.69) is 50.7 Å². The number of halogens is 2. The first-order valence-corrected chi connectivity index (χ1v) is 8.02. The molecular weight excluding hydrogens is 344 g/mol. The Morgan fingerprint density at radius 3 is 2.79 bits per heavy atom. The Kier molecular flexibility index (Phi) is 5.28. The number of benzene rings is 1. The van der Waals surface area contributed by atoms with E-state index in [0.29, 0.717) is 0 Å². The van der Waals surface area contributed by atoms with E-state index in [1.165, 1.54) is 20.6 Å². The lowest BCUT2D eigenvalue weighted by atomic mass is 10.1. The molecule has 0 unspecified atom stereocenters. The van der Waals surface area contributed by atoms with Crippen LogP contribution in [0.3, 0.4) is 0 Å². The molecule has 0 aliphatic heterocycles. The summed E-state index contributed by atoms with van der Waals surface area (Å²) >= 11 is 11.3. The van der Waals surface area contributed by atoms with Gasteiger partial charge in [-0.15, -0.1) is 11.3 Å². The van der Waals surface area contributed by atoms with Gasteiger partial charge in [-0.3, -0.25) is 0 Å². The largest absolute Gasteiger partial charge is 0.370 e. The molecule has 0 spiro atoms. The van der Waals surface area contributed by atoms with Gasteiger partial charge in [0.2, 0.25) is 0 Å². The molecule has 0 saturated carbocycles. The molecule has 1 heterocycles. The quantitative estimate of drug-likeness (QED) is 0.844. The van der Waals surface area contributed by atoms with Gasteiger partial charge in [0, 0.05) is 30.8 Å². The van der Waals surface area contributed by atoms with E-state index in [1.807, 2.05) is 19.2 Å². The van der Waals surface area contributed by atoms with Crippen molar-refractivity contribution in [2.45, 2.75) is 13.1 Å². The Morgan fingerprint density at radius 2 is 2.16 bits per heavy atom. The molecule has 0 atom stereocenters. The fourth-order valence-corrected chi connectivity index (χ4v) is 3.44. The third-order valence-corrected chi connectivity index (χ3v) is 4.65. The van der Waals surface area contributed by atoms with E-state index in [9.17, 15) is 0 Å². The maximum absolute atomic E-state index is 6.07. The van der Waals surface area contributed by atoms with Crippen LogP contribution in [0.5, 0.6) is 0 Å². The molecule has 2 rings (SSSR count). The number of rotatable bonds is 5. The summed E-state index contributed by atoms with van der Waals surface area (Å²) in [5.41, 5.74) is 3.73. The lowest BCUT2D eigenvalue weighted by Crippen LogP contribution is -2.19. The van der Waals surface area contributed by atoms with Crippen LogP contribution in [0.15, 0.2) is 33.4 Å². The normalized spacial score (nSPS) is 10.7. The van der Waals surface area contributed by atoms with Crippen molar-refractivity contribution in [3.8, 4) is 0 Å². The summed E-state index contributed by atoms with van der Waals surface area (Å²) in [5.74, 6) is 0. The number of hydrogen-bond acceptors (Lipinski definition) is 3. The summed E-state index contributed by atoms with van der Waals surface area (Å²) in [4.78, 5) is 2.25. The summed E-state index contributed by atoms with van der Waals surface area (Å²) < 4.78 is 1.17. The molecule has 2 aromatic rings. The lowest BCUT2D eigenvalue weighted by molar-refractivity contribution is 0.806. The summed E-state index contributed by atoms with van der Waals surface area (Å²) in [5, 5.41) is 6.14. The first kappa shape index (κ1) is 14.9. The topological polar surface area (TPSA) is 15.3 Å². The van der Waals surface area contributed by atoms with Crippen LogP contribution in [0.2, 0.25) is 5.02 Å². The van der Waals surface area contributed by atoms with E-state index in [4.69, 9.17) is 11.6 Å². The zero-order valence-electron chi connectivity index (χ0n) is 10.9. The van der Waals surface area contributed by atoms with Gasteiger partial charge in [0.05, 0.1) is 3.79 Å².